The van der Waals surface area contributed by atoms with Crippen LogP contribution in [-0.2, 0) is 0 Å². The van der Waals surface area contributed by atoms with Crippen LogP contribution in [0.2, 0.25) is 0 Å². The third-order valence-corrected chi connectivity index (χ3v) is 3.37. The molecule has 2 aromatic heterocycles. The Morgan fingerprint density at radius 2 is 2.19 bits per heavy atom. The molecule has 0 amide bonds. The fourth-order valence-electron chi connectivity index (χ4n) is 2.44. The Bertz CT molecular complexity index is 846. The molecule has 0 spiro atoms. The monoisotopic (exact) mass is 286 g/mol. The molecule has 8 heteroatoms. The van der Waals surface area contributed by atoms with Crippen LogP contribution in [0.15, 0.2) is 18.5 Å². The van der Waals surface area contributed by atoms with Gasteiger partial charge < -0.3 is 15.8 Å². The molecule has 106 valence electrons. The molecule has 0 fully saturated rings. The van der Waals surface area contributed by atoms with Gasteiger partial charge in [0.15, 0.2) is 17.2 Å². The van der Waals surface area contributed by atoms with E-state index in [1.54, 1.807) is 6.07 Å². The van der Waals surface area contributed by atoms with Crippen LogP contribution >= 0.6 is 0 Å². The maximum absolute atomic E-state index is 14.2. The summed E-state index contributed by atoms with van der Waals surface area (Å²) in [6.07, 6.45) is 1.35. The molecular formula is C13H11FN6O. The highest BCUT2D eigenvalue weighted by atomic mass is 19.1. The maximum Gasteiger partial charge on any atom is 0.178 e. The van der Waals surface area contributed by atoms with E-state index in [-0.39, 0.29) is 5.75 Å². The number of nitrogens with one attached hydrogen (secondary N) is 2. The number of nitrogen functional groups attached to an aromatic ring is 1. The topological polar surface area (TPSA) is 102 Å². The summed E-state index contributed by atoms with van der Waals surface area (Å²) in [6.45, 7) is 1.07. The number of H-pyrrole nitrogens is 1. The molecule has 0 atom stereocenters. The molecular weight excluding hydrogens is 275 g/mol. The number of ether oxygens (including phenoxy) is 1. The van der Waals surface area contributed by atoms with E-state index in [0.29, 0.717) is 46.9 Å². The van der Waals surface area contributed by atoms with Gasteiger partial charge in [-0.1, -0.05) is 0 Å². The number of aromatic amines is 1. The second kappa shape index (κ2) is 4.30. The maximum atomic E-state index is 14.2. The summed E-state index contributed by atoms with van der Waals surface area (Å²) in [6, 6.07) is 3.15. The number of hydrogen-bond acceptors (Lipinski definition) is 6. The number of benzene rings is 1. The van der Waals surface area contributed by atoms with Crippen LogP contribution in [0.25, 0.3) is 22.3 Å². The molecule has 0 saturated carbocycles. The summed E-state index contributed by atoms with van der Waals surface area (Å²) >= 11 is 0. The third-order valence-electron chi connectivity index (χ3n) is 3.37. The minimum Gasteiger partial charge on any atom is -0.486 e. The number of fused-ring (bicyclic) bond motifs is 2. The lowest BCUT2D eigenvalue weighted by atomic mass is 10.1. The molecule has 7 nitrogen and oxygen atoms in total. The van der Waals surface area contributed by atoms with E-state index in [4.69, 9.17) is 10.5 Å². The third kappa shape index (κ3) is 1.76. The smallest absolute Gasteiger partial charge is 0.178 e. The molecule has 0 radical (unpaired) electrons. The van der Waals surface area contributed by atoms with E-state index in [0.717, 1.165) is 0 Å². The largest absolute Gasteiger partial charge is 0.486 e. The SMILES string of the molecule is Nc1ncnc2[nH]nc(-c3cc(F)c4c(c3)NCCO4)c12. The van der Waals surface area contributed by atoms with Crippen molar-refractivity contribution in [3.63, 3.8) is 0 Å². The first-order chi connectivity index (χ1) is 10.2. The average Bonchev–Trinajstić information content (AvgIpc) is 2.93. The van der Waals surface area contributed by atoms with Crippen molar-refractivity contribution in [3.05, 3.63) is 24.3 Å². The van der Waals surface area contributed by atoms with Crippen LogP contribution in [0.4, 0.5) is 15.9 Å². The van der Waals surface area contributed by atoms with E-state index < -0.39 is 5.82 Å². The molecule has 4 N–H and O–H groups in total. The normalized spacial score (nSPS) is 13.6. The molecule has 3 heterocycles. The number of anilines is 2. The molecule has 0 saturated heterocycles. The minimum atomic E-state index is -0.443. The Kier molecular flexibility index (Phi) is 2.44. The first-order valence-corrected chi connectivity index (χ1v) is 6.39. The van der Waals surface area contributed by atoms with E-state index in [2.05, 4.69) is 25.5 Å². The van der Waals surface area contributed by atoms with Gasteiger partial charge >= 0.3 is 0 Å². The van der Waals surface area contributed by atoms with Gasteiger partial charge in [0, 0.05) is 12.1 Å². The summed E-state index contributed by atoms with van der Waals surface area (Å²) in [5.74, 6) is 0.0847. The van der Waals surface area contributed by atoms with Crippen LogP contribution in [-0.4, -0.2) is 33.3 Å². The predicted molar refractivity (Wildman–Crippen MR) is 75.5 cm³/mol. The zero-order chi connectivity index (χ0) is 14.4. The molecule has 0 unspecified atom stereocenters. The summed E-state index contributed by atoms with van der Waals surface area (Å²) in [7, 11) is 0. The molecule has 1 aliphatic rings. The van der Waals surface area contributed by atoms with Crippen molar-refractivity contribution < 1.29 is 9.13 Å². The highest BCUT2D eigenvalue weighted by molar-refractivity contribution is 5.98. The highest BCUT2D eigenvalue weighted by Gasteiger charge is 2.20. The molecule has 4 rings (SSSR count). The van der Waals surface area contributed by atoms with Crippen LogP contribution < -0.4 is 15.8 Å². The lowest BCUT2D eigenvalue weighted by Crippen LogP contribution is -2.19. The lowest BCUT2D eigenvalue weighted by molar-refractivity contribution is 0.306. The van der Waals surface area contributed by atoms with Crippen molar-refractivity contribution in [2.24, 2.45) is 0 Å². The molecule has 21 heavy (non-hydrogen) atoms. The zero-order valence-corrected chi connectivity index (χ0v) is 10.9. The van der Waals surface area contributed by atoms with Gasteiger partial charge in [-0.2, -0.15) is 5.10 Å². The van der Waals surface area contributed by atoms with E-state index in [9.17, 15) is 4.39 Å². The summed E-state index contributed by atoms with van der Waals surface area (Å²) < 4.78 is 19.5. The molecule has 3 aromatic rings. The second-order valence-corrected chi connectivity index (χ2v) is 4.66. The number of halogens is 1. The van der Waals surface area contributed by atoms with E-state index in [1.807, 2.05) is 0 Å². The van der Waals surface area contributed by atoms with Gasteiger partial charge in [0.1, 0.15) is 24.4 Å². The first kappa shape index (κ1) is 11.9. The van der Waals surface area contributed by atoms with Crippen molar-refractivity contribution in [2.45, 2.75) is 0 Å². The fourth-order valence-corrected chi connectivity index (χ4v) is 2.44. The van der Waals surface area contributed by atoms with Gasteiger partial charge in [-0.3, -0.25) is 5.10 Å². The Balaban J connectivity index is 1.95. The van der Waals surface area contributed by atoms with E-state index in [1.165, 1.54) is 12.4 Å². The van der Waals surface area contributed by atoms with Crippen LogP contribution in [0, 0.1) is 5.82 Å². The van der Waals surface area contributed by atoms with E-state index >= 15 is 0 Å². The van der Waals surface area contributed by atoms with Crippen LogP contribution in [0.3, 0.4) is 0 Å². The van der Waals surface area contributed by atoms with Gasteiger partial charge in [0.25, 0.3) is 0 Å². The van der Waals surface area contributed by atoms with Gasteiger partial charge in [0.05, 0.1) is 11.1 Å². The van der Waals surface area contributed by atoms with Crippen molar-refractivity contribution in [2.75, 3.05) is 24.2 Å². The fraction of sp³-hybridized carbons (Fsp3) is 0.154. The number of aromatic nitrogens is 4. The van der Waals surface area contributed by atoms with Gasteiger partial charge in [-0.15, -0.1) is 0 Å². The average molecular weight is 286 g/mol. The molecule has 0 bridgehead atoms. The quantitative estimate of drug-likeness (QED) is 0.627. The highest BCUT2D eigenvalue weighted by Crippen LogP contribution is 2.37. The number of rotatable bonds is 1. The van der Waals surface area contributed by atoms with Gasteiger partial charge in [-0.05, 0) is 12.1 Å². The minimum absolute atomic E-state index is 0.231. The van der Waals surface area contributed by atoms with Crippen LogP contribution in [0.1, 0.15) is 0 Å². The summed E-state index contributed by atoms with van der Waals surface area (Å²) in [5, 5.41) is 10.6. The number of nitrogens with zero attached hydrogens (tertiary/aromatic N) is 3. The Morgan fingerprint density at radius 3 is 3.10 bits per heavy atom. The predicted octanol–water partition coefficient (Wildman–Crippen LogP) is 1.55. The Morgan fingerprint density at radius 1 is 1.29 bits per heavy atom. The number of hydrogen-bond donors (Lipinski definition) is 3. The summed E-state index contributed by atoms with van der Waals surface area (Å²) in [4.78, 5) is 8.00. The molecule has 1 aromatic carbocycles. The van der Waals surface area contributed by atoms with Crippen molar-refractivity contribution in [3.8, 4) is 17.0 Å². The van der Waals surface area contributed by atoms with Gasteiger partial charge in [-0.25, -0.2) is 14.4 Å². The molecule has 1 aliphatic heterocycles. The van der Waals surface area contributed by atoms with Crippen molar-refractivity contribution in [1.29, 1.82) is 0 Å². The zero-order valence-electron chi connectivity index (χ0n) is 10.9. The number of nitrogens with two attached hydrogens (primary N) is 1. The van der Waals surface area contributed by atoms with Crippen LogP contribution in [0.5, 0.6) is 5.75 Å². The Labute approximate surface area is 118 Å². The first-order valence-electron chi connectivity index (χ1n) is 6.39. The van der Waals surface area contributed by atoms with Gasteiger partial charge in [0.2, 0.25) is 0 Å². The van der Waals surface area contributed by atoms with Crippen molar-refractivity contribution in [1.82, 2.24) is 20.2 Å². The lowest BCUT2D eigenvalue weighted by Gasteiger charge is -2.20. The summed E-state index contributed by atoms with van der Waals surface area (Å²) in [5.41, 5.74) is 8.07. The molecule has 0 aliphatic carbocycles. The second-order valence-electron chi connectivity index (χ2n) is 4.66. The van der Waals surface area contributed by atoms with Crippen molar-refractivity contribution >= 4 is 22.5 Å². The Hall–Kier alpha value is -2.90. The standard InChI is InChI=1S/C13H11FN6O/c14-7-3-6(4-8-11(7)21-2-1-16-8)10-9-12(15)17-5-18-13(9)20-19-10/h3-5,16H,1-2H2,(H3,15,17,18,19,20).